The number of benzene rings is 2. The largest absolute Gasteiger partial charge is 0.491 e. The van der Waals surface area contributed by atoms with Gasteiger partial charge in [-0.3, -0.25) is 5.10 Å². The minimum absolute atomic E-state index is 0.00139. The maximum atomic E-state index is 13.4. The number of rotatable bonds is 4. The summed E-state index contributed by atoms with van der Waals surface area (Å²) in [6.07, 6.45) is -0.0526. The number of nitrogens with zero attached hydrogens (tertiary/aromatic N) is 2. The lowest BCUT2D eigenvalue weighted by Gasteiger charge is -2.26. The molecular weight excluding hydrogens is 371 g/mol. The van der Waals surface area contributed by atoms with Crippen molar-refractivity contribution >= 4 is 0 Å². The van der Waals surface area contributed by atoms with E-state index in [4.69, 9.17) is 15.2 Å². The molecule has 0 fully saturated rings. The van der Waals surface area contributed by atoms with E-state index in [1.54, 1.807) is 12.1 Å². The Hall–Kier alpha value is -3.79. The summed E-state index contributed by atoms with van der Waals surface area (Å²) in [7, 11) is 0. The first-order chi connectivity index (χ1) is 14.0. The Bertz CT molecular complexity index is 1130. The average molecular weight is 390 g/mol. The Morgan fingerprint density at radius 2 is 1.93 bits per heavy atom. The van der Waals surface area contributed by atoms with Gasteiger partial charge in [0.15, 0.2) is 0 Å². The third-order valence-corrected chi connectivity index (χ3v) is 4.66. The molecule has 0 bridgehead atoms. The van der Waals surface area contributed by atoms with E-state index >= 15 is 0 Å². The van der Waals surface area contributed by atoms with E-state index in [1.165, 1.54) is 12.1 Å². The van der Waals surface area contributed by atoms with Gasteiger partial charge in [-0.05, 0) is 44.2 Å². The minimum Gasteiger partial charge on any atom is -0.491 e. The molecule has 0 radical (unpaired) electrons. The molecule has 3 aromatic rings. The number of hydrogen-bond donors (Lipinski definition) is 2. The summed E-state index contributed by atoms with van der Waals surface area (Å²) in [6.45, 7) is 3.87. The van der Waals surface area contributed by atoms with Gasteiger partial charge in [0.05, 0.1) is 23.3 Å². The maximum Gasteiger partial charge on any atom is 0.244 e. The fraction of sp³-hybridized carbons (Fsp3) is 0.182. The van der Waals surface area contributed by atoms with Gasteiger partial charge in [-0.2, -0.15) is 5.26 Å². The number of allylic oxidation sites excluding steroid dienone is 1. The normalized spacial score (nSPS) is 15.6. The number of ether oxygens (including phenoxy) is 2. The monoisotopic (exact) mass is 390 g/mol. The zero-order valence-corrected chi connectivity index (χ0v) is 15.9. The summed E-state index contributed by atoms with van der Waals surface area (Å²) in [5.41, 5.74) is 9.08. The molecule has 0 saturated carbocycles. The molecule has 0 spiro atoms. The molecule has 0 saturated heterocycles. The first-order valence-corrected chi connectivity index (χ1v) is 9.17. The second-order valence-corrected chi connectivity index (χ2v) is 6.95. The van der Waals surface area contributed by atoms with Crippen LogP contribution in [0.15, 0.2) is 60.0 Å². The average Bonchev–Trinajstić information content (AvgIpc) is 3.11. The first kappa shape index (κ1) is 18.6. The highest BCUT2D eigenvalue weighted by molar-refractivity contribution is 5.71. The molecule has 6 nitrogen and oxygen atoms in total. The van der Waals surface area contributed by atoms with Gasteiger partial charge >= 0.3 is 0 Å². The molecule has 4 rings (SSSR count). The Balaban J connectivity index is 1.94. The van der Waals surface area contributed by atoms with Crippen LogP contribution in [0.3, 0.4) is 0 Å². The highest BCUT2D eigenvalue weighted by atomic mass is 19.1. The van der Waals surface area contributed by atoms with Crippen molar-refractivity contribution < 1.29 is 13.9 Å². The van der Waals surface area contributed by atoms with Crippen molar-refractivity contribution in [2.24, 2.45) is 5.73 Å². The van der Waals surface area contributed by atoms with Gasteiger partial charge in [-0.15, -0.1) is 5.10 Å². The van der Waals surface area contributed by atoms with Gasteiger partial charge in [0, 0.05) is 11.1 Å². The third kappa shape index (κ3) is 3.29. The number of fused-ring (bicyclic) bond motifs is 1. The topological polar surface area (TPSA) is 96.9 Å². The van der Waals surface area contributed by atoms with Gasteiger partial charge in [0.2, 0.25) is 11.8 Å². The van der Waals surface area contributed by atoms with Gasteiger partial charge in [-0.25, -0.2) is 4.39 Å². The summed E-state index contributed by atoms with van der Waals surface area (Å²) < 4.78 is 25.0. The summed E-state index contributed by atoms with van der Waals surface area (Å²) >= 11 is 0. The predicted octanol–water partition coefficient (Wildman–Crippen LogP) is 4.22. The smallest absolute Gasteiger partial charge is 0.244 e. The molecule has 1 aliphatic rings. The number of halogens is 1. The van der Waals surface area contributed by atoms with Crippen LogP contribution in [-0.2, 0) is 0 Å². The number of aromatic nitrogens is 2. The van der Waals surface area contributed by atoms with Crippen molar-refractivity contribution in [1.82, 2.24) is 10.2 Å². The molecule has 2 heterocycles. The maximum absolute atomic E-state index is 13.4. The van der Waals surface area contributed by atoms with Crippen LogP contribution in [0.4, 0.5) is 4.39 Å². The molecule has 2 aromatic carbocycles. The lowest BCUT2D eigenvalue weighted by molar-refractivity contribution is 0.239. The summed E-state index contributed by atoms with van der Waals surface area (Å²) in [4.78, 5) is 0. The minimum atomic E-state index is -0.544. The molecule has 1 aliphatic heterocycles. The standard InChI is InChI=1S/C22H19FN4O2/c1-12(2)28-17-6-4-3-5-15(17)18-16(11-24)21(25)29-22-19(18)20(26-27-22)13-7-9-14(23)10-8-13/h3-10,12,18H,25H2,1-2H3,(H,26,27)/t18-/m1/s1. The van der Waals surface area contributed by atoms with Crippen LogP contribution < -0.4 is 15.2 Å². The van der Waals surface area contributed by atoms with Crippen LogP contribution >= 0.6 is 0 Å². The Kier molecular flexibility index (Phi) is 4.69. The second kappa shape index (κ2) is 7.32. The number of nitrogens with one attached hydrogen (secondary N) is 1. The predicted molar refractivity (Wildman–Crippen MR) is 105 cm³/mol. The highest BCUT2D eigenvalue weighted by Gasteiger charge is 2.37. The van der Waals surface area contributed by atoms with Crippen molar-refractivity contribution in [2.75, 3.05) is 0 Å². The Labute approximate surface area is 167 Å². The number of para-hydroxylation sites is 1. The van der Waals surface area contributed by atoms with Crippen LogP contribution in [0, 0.1) is 17.1 Å². The second-order valence-electron chi connectivity index (χ2n) is 6.95. The van der Waals surface area contributed by atoms with Crippen molar-refractivity contribution in [2.45, 2.75) is 25.9 Å². The van der Waals surface area contributed by atoms with Crippen LogP contribution in [0.1, 0.15) is 30.9 Å². The molecule has 0 unspecified atom stereocenters. The number of hydrogen-bond acceptors (Lipinski definition) is 5. The molecule has 29 heavy (non-hydrogen) atoms. The Morgan fingerprint density at radius 1 is 1.21 bits per heavy atom. The van der Waals surface area contributed by atoms with Gasteiger partial charge < -0.3 is 15.2 Å². The van der Waals surface area contributed by atoms with Gasteiger partial charge in [-0.1, -0.05) is 18.2 Å². The number of H-pyrrole nitrogens is 1. The van der Waals surface area contributed by atoms with Crippen molar-refractivity contribution in [3.05, 3.63) is 76.9 Å². The summed E-state index contributed by atoms with van der Waals surface area (Å²) in [5, 5.41) is 17.0. The van der Waals surface area contributed by atoms with Crippen molar-refractivity contribution in [3.63, 3.8) is 0 Å². The third-order valence-electron chi connectivity index (χ3n) is 4.66. The summed E-state index contributed by atoms with van der Waals surface area (Å²) in [5.74, 6) is 0.0452. The van der Waals surface area contributed by atoms with Crippen LogP contribution in [-0.4, -0.2) is 16.3 Å². The number of aromatic amines is 1. The lowest BCUT2D eigenvalue weighted by Crippen LogP contribution is -2.21. The SMILES string of the molecule is CC(C)Oc1ccccc1[C@@H]1C(C#N)=C(N)Oc2n[nH]c(-c3ccc(F)cc3)c21. The number of nitriles is 1. The van der Waals surface area contributed by atoms with Crippen LogP contribution in [0.2, 0.25) is 0 Å². The molecule has 0 aliphatic carbocycles. The molecule has 3 N–H and O–H groups in total. The fourth-order valence-electron chi connectivity index (χ4n) is 3.47. The molecule has 1 atom stereocenters. The zero-order chi connectivity index (χ0) is 20.5. The number of nitrogens with two attached hydrogens (primary N) is 1. The van der Waals surface area contributed by atoms with E-state index in [9.17, 15) is 9.65 Å². The van der Waals surface area contributed by atoms with E-state index in [0.717, 1.165) is 5.56 Å². The lowest BCUT2D eigenvalue weighted by atomic mass is 9.82. The van der Waals surface area contributed by atoms with Crippen LogP contribution in [0.25, 0.3) is 11.3 Å². The Morgan fingerprint density at radius 3 is 2.62 bits per heavy atom. The first-order valence-electron chi connectivity index (χ1n) is 9.17. The quantitative estimate of drug-likeness (QED) is 0.695. The molecule has 1 aromatic heterocycles. The molecule has 146 valence electrons. The summed E-state index contributed by atoms with van der Waals surface area (Å²) in [6, 6.07) is 15.7. The van der Waals surface area contributed by atoms with E-state index in [-0.39, 0.29) is 29.3 Å². The molecular formula is C22H19FN4O2. The molecule has 0 amide bonds. The van der Waals surface area contributed by atoms with Crippen molar-refractivity contribution in [3.8, 4) is 29.0 Å². The molecule has 7 heteroatoms. The van der Waals surface area contributed by atoms with E-state index in [2.05, 4.69) is 16.3 Å². The zero-order valence-electron chi connectivity index (χ0n) is 15.9. The van der Waals surface area contributed by atoms with E-state index < -0.39 is 5.92 Å². The van der Waals surface area contributed by atoms with Crippen LogP contribution in [0.5, 0.6) is 11.6 Å². The van der Waals surface area contributed by atoms with Gasteiger partial charge in [0.1, 0.15) is 23.2 Å². The van der Waals surface area contributed by atoms with E-state index in [0.29, 0.717) is 22.6 Å². The van der Waals surface area contributed by atoms with Crippen molar-refractivity contribution in [1.29, 1.82) is 5.26 Å². The van der Waals surface area contributed by atoms with E-state index in [1.807, 2.05) is 38.1 Å². The van der Waals surface area contributed by atoms with Gasteiger partial charge in [0.25, 0.3) is 0 Å². The fourth-order valence-corrected chi connectivity index (χ4v) is 3.47. The highest BCUT2D eigenvalue weighted by Crippen LogP contribution is 2.47.